The molecule has 0 saturated carbocycles. The Morgan fingerprint density at radius 1 is 1.60 bits per heavy atom. The Morgan fingerprint density at radius 3 is 3.07 bits per heavy atom. The minimum Gasteiger partial charge on any atom is -0.497 e. The molecule has 5 heteroatoms. The molecule has 15 heavy (non-hydrogen) atoms. The maximum Gasteiger partial charge on any atom is 0.139 e. The summed E-state index contributed by atoms with van der Waals surface area (Å²) in [6.07, 6.45) is 0. The topological polar surface area (TPSA) is 58.0 Å². The van der Waals surface area contributed by atoms with Crippen LogP contribution in [0.4, 0.5) is 4.39 Å². The van der Waals surface area contributed by atoms with Crippen molar-refractivity contribution in [3.63, 3.8) is 0 Å². The molecular weight excluding hydrogens is 197 g/mol. The average molecular weight is 205 g/mol. The van der Waals surface area contributed by atoms with Gasteiger partial charge in [0.1, 0.15) is 11.6 Å². The first-order valence-corrected chi connectivity index (χ1v) is 4.11. The maximum absolute atomic E-state index is 13.2. The zero-order valence-electron chi connectivity index (χ0n) is 8.07. The molecule has 1 aromatic carbocycles. The predicted molar refractivity (Wildman–Crippen MR) is 53.8 cm³/mol. The molecule has 0 aliphatic carbocycles. The van der Waals surface area contributed by atoms with Gasteiger partial charge in [0, 0.05) is 4.91 Å². The summed E-state index contributed by atoms with van der Waals surface area (Å²) in [5.74, 6) is 5.19. The smallest absolute Gasteiger partial charge is 0.139 e. The van der Waals surface area contributed by atoms with E-state index in [9.17, 15) is 4.39 Å². The van der Waals surface area contributed by atoms with E-state index in [1.54, 1.807) is 0 Å². The van der Waals surface area contributed by atoms with Gasteiger partial charge in [0.2, 0.25) is 0 Å². The Bertz CT molecular complexity index is 455. The fourth-order valence-electron chi connectivity index (χ4n) is 0.929. The molecule has 0 aliphatic rings. The van der Waals surface area contributed by atoms with E-state index >= 15 is 0 Å². The lowest BCUT2D eigenvalue weighted by Crippen LogP contribution is -1.87. The Balaban J connectivity index is 2.90. The summed E-state index contributed by atoms with van der Waals surface area (Å²) in [7, 11) is 1.49. The van der Waals surface area contributed by atoms with Gasteiger partial charge >= 0.3 is 0 Å². The Morgan fingerprint density at radius 2 is 2.40 bits per heavy atom. The van der Waals surface area contributed by atoms with E-state index in [4.69, 9.17) is 10.3 Å². The van der Waals surface area contributed by atoms with Crippen molar-refractivity contribution < 1.29 is 9.13 Å². The molecule has 0 N–H and O–H groups in total. The van der Waals surface area contributed by atoms with Gasteiger partial charge in [-0.25, -0.2) is 4.39 Å². The number of rotatable bonds is 2. The Kier molecular flexibility index (Phi) is 4.02. The van der Waals surface area contributed by atoms with Crippen molar-refractivity contribution in [1.82, 2.24) is 0 Å². The van der Waals surface area contributed by atoms with E-state index in [0.29, 0.717) is 5.75 Å². The zero-order chi connectivity index (χ0) is 11.1. The van der Waals surface area contributed by atoms with Gasteiger partial charge in [-0.05, 0) is 23.7 Å². The molecule has 0 amide bonds. The number of ether oxygens (including phenoxy) is 1. The van der Waals surface area contributed by atoms with Crippen LogP contribution in [0.15, 0.2) is 23.3 Å². The number of nitrogens with zero attached hydrogens (tertiary/aromatic N) is 3. The van der Waals surface area contributed by atoms with Crippen LogP contribution in [0.2, 0.25) is 0 Å². The van der Waals surface area contributed by atoms with Crippen molar-refractivity contribution in [2.45, 2.75) is 0 Å². The van der Waals surface area contributed by atoms with E-state index < -0.39 is 5.82 Å². The molecule has 0 fully saturated rings. The van der Waals surface area contributed by atoms with Gasteiger partial charge in [0.15, 0.2) is 0 Å². The third-order valence-electron chi connectivity index (χ3n) is 1.61. The summed E-state index contributed by atoms with van der Waals surface area (Å²) in [4.78, 5) is 2.53. The molecule has 1 rings (SSSR count). The zero-order valence-corrected chi connectivity index (χ0v) is 8.07. The SMILES string of the molecule is COc1ccc(F)c(C#CCN=[N+]=[N-])c1. The van der Waals surface area contributed by atoms with E-state index in [1.807, 2.05) is 0 Å². The summed E-state index contributed by atoms with van der Waals surface area (Å²) >= 11 is 0. The lowest BCUT2D eigenvalue weighted by atomic mass is 10.2. The molecule has 4 nitrogen and oxygen atoms in total. The van der Waals surface area contributed by atoms with Crippen molar-refractivity contribution in [3.8, 4) is 17.6 Å². The number of methoxy groups -OCH3 is 1. The molecule has 0 saturated heterocycles. The van der Waals surface area contributed by atoms with Crippen LogP contribution >= 0.6 is 0 Å². The summed E-state index contributed by atoms with van der Waals surface area (Å²) in [5.41, 5.74) is 8.22. The molecule has 76 valence electrons. The van der Waals surface area contributed by atoms with E-state index in [1.165, 1.54) is 25.3 Å². The van der Waals surface area contributed by atoms with Crippen LogP contribution in [-0.4, -0.2) is 13.7 Å². The number of azide groups is 1. The van der Waals surface area contributed by atoms with Crippen LogP contribution < -0.4 is 4.74 Å². The molecule has 0 heterocycles. The number of halogens is 1. The van der Waals surface area contributed by atoms with Gasteiger partial charge in [-0.3, -0.25) is 0 Å². The van der Waals surface area contributed by atoms with Crippen molar-refractivity contribution in [1.29, 1.82) is 0 Å². The molecule has 0 spiro atoms. The fourth-order valence-corrected chi connectivity index (χ4v) is 0.929. The number of hydrogen-bond acceptors (Lipinski definition) is 2. The van der Waals surface area contributed by atoms with Gasteiger partial charge in [-0.2, -0.15) is 0 Å². The molecule has 0 radical (unpaired) electrons. The minimum atomic E-state index is -0.427. The highest BCUT2D eigenvalue weighted by Gasteiger charge is 2.00. The van der Waals surface area contributed by atoms with Crippen molar-refractivity contribution in [3.05, 3.63) is 40.0 Å². The second kappa shape index (κ2) is 5.53. The lowest BCUT2D eigenvalue weighted by molar-refractivity contribution is 0.413. The fraction of sp³-hybridized carbons (Fsp3) is 0.200. The van der Waals surface area contributed by atoms with Crippen LogP contribution in [0.1, 0.15) is 5.56 Å². The minimum absolute atomic E-state index is 0.0210. The second-order valence-corrected chi connectivity index (χ2v) is 2.54. The monoisotopic (exact) mass is 205 g/mol. The summed E-state index contributed by atoms with van der Waals surface area (Å²) < 4.78 is 18.1. The van der Waals surface area contributed by atoms with Crippen LogP contribution in [0.3, 0.4) is 0 Å². The molecule has 0 aromatic heterocycles. The van der Waals surface area contributed by atoms with Crippen LogP contribution in [0.25, 0.3) is 10.4 Å². The van der Waals surface area contributed by atoms with Gasteiger partial charge in [0.05, 0.1) is 19.2 Å². The first-order chi connectivity index (χ1) is 7.27. The highest BCUT2D eigenvalue weighted by Crippen LogP contribution is 2.15. The molecule has 0 aliphatic heterocycles. The van der Waals surface area contributed by atoms with Crippen molar-refractivity contribution in [2.75, 3.05) is 13.7 Å². The molecule has 1 aromatic rings. The summed E-state index contributed by atoms with van der Waals surface area (Å²) in [6, 6.07) is 4.27. The summed E-state index contributed by atoms with van der Waals surface area (Å²) in [6.45, 7) is 0.0210. The average Bonchev–Trinajstić information content (AvgIpc) is 2.26. The largest absolute Gasteiger partial charge is 0.497 e. The first kappa shape index (κ1) is 10.9. The third-order valence-corrected chi connectivity index (χ3v) is 1.61. The Hall–Kier alpha value is -2.18. The maximum atomic E-state index is 13.2. The third kappa shape index (κ3) is 3.22. The second-order valence-electron chi connectivity index (χ2n) is 2.54. The molecular formula is C10H8FN3O. The van der Waals surface area contributed by atoms with Crippen LogP contribution in [-0.2, 0) is 0 Å². The van der Waals surface area contributed by atoms with Gasteiger partial charge in [-0.1, -0.05) is 17.0 Å². The molecule has 0 atom stereocenters. The van der Waals surface area contributed by atoms with E-state index in [-0.39, 0.29) is 12.1 Å². The van der Waals surface area contributed by atoms with E-state index in [0.717, 1.165) is 0 Å². The first-order valence-electron chi connectivity index (χ1n) is 4.11. The highest BCUT2D eigenvalue weighted by molar-refractivity contribution is 5.41. The van der Waals surface area contributed by atoms with Crippen LogP contribution in [0, 0.1) is 17.7 Å². The van der Waals surface area contributed by atoms with Gasteiger partial charge in [0.25, 0.3) is 0 Å². The molecule has 0 bridgehead atoms. The standard InChI is InChI=1S/C10H8FN3O/c1-15-9-4-5-10(11)8(7-9)3-2-6-13-14-12/h4-5,7H,6H2,1H3. The number of benzene rings is 1. The quantitative estimate of drug-likeness (QED) is 0.316. The Labute approximate surface area is 86.3 Å². The number of hydrogen-bond donors (Lipinski definition) is 0. The van der Waals surface area contributed by atoms with Crippen molar-refractivity contribution >= 4 is 0 Å². The van der Waals surface area contributed by atoms with Crippen LogP contribution in [0.5, 0.6) is 5.75 Å². The van der Waals surface area contributed by atoms with Crippen molar-refractivity contribution in [2.24, 2.45) is 5.11 Å². The lowest BCUT2D eigenvalue weighted by Gasteiger charge is -1.99. The molecule has 0 unspecified atom stereocenters. The highest BCUT2D eigenvalue weighted by atomic mass is 19.1. The summed E-state index contributed by atoms with van der Waals surface area (Å²) in [5, 5.41) is 3.21. The van der Waals surface area contributed by atoms with E-state index in [2.05, 4.69) is 21.9 Å². The van der Waals surface area contributed by atoms with Gasteiger partial charge in [-0.15, -0.1) is 0 Å². The normalized spacial score (nSPS) is 8.40. The predicted octanol–water partition coefficient (Wildman–Crippen LogP) is 2.50. The van der Waals surface area contributed by atoms with Gasteiger partial charge < -0.3 is 4.74 Å².